The first-order chi connectivity index (χ1) is 16.5. The normalized spacial score (nSPS) is 14.1. The van der Waals surface area contributed by atoms with Gasteiger partial charge in [-0.1, -0.05) is 37.3 Å². The number of para-hydroxylation sites is 1. The predicted molar refractivity (Wildman–Crippen MR) is 131 cm³/mol. The Morgan fingerprint density at radius 2 is 1.74 bits per heavy atom. The molecule has 1 N–H and O–H groups in total. The molecule has 0 unspecified atom stereocenters. The molecule has 2 heterocycles. The number of anilines is 1. The van der Waals surface area contributed by atoms with E-state index in [-0.39, 0.29) is 23.7 Å². The maximum absolute atomic E-state index is 13.5. The zero-order valence-electron chi connectivity index (χ0n) is 19.5. The van der Waals surface area contributed by atoms with Crippen molar-refractivity contribution in [3.05, 3.63) is 60.2 Å². The fourth-order valence-electron chi connectivity index (χ4n) is 4.22. The predicted octanol–water partition coefficient (Wildman–Crippen LogP) is 4.67. The molecule has 1 aliphatic heterocycles. The minimum atomic E-state index is -0.176. The first kappa shape index (κ1) is 23.4. The van der Waals surface area contributed by atoms with Crippen molar-refractivity contribution in [3.63, 3.8) is 0 Å². The Kier molecular flexibility index (Phi) is 7.21. The number of esters is 1. The molecule has 7 heteroatoms. The van der Waals surface area contributed by atoms with E-state index in [0.717, 1.165) is 22.2 Å². The molecule has 1 fully saturated rings. The van der Waals surface area contributed by atoms with Gasteiger partial charge in [0.2, 0.25) is 5.91 Å². The molecule has 0 spiro atoms. The van der Waals surface area contributed by atoms with Crippen LogP contribution in [-0.4, -0.2) is 47.4 Å². The summed E-state index contributed by atoms with van der Waals surface area (Å²) in [7, 11) is 0. The van der Waals surface area contributed by atoms with Crippen molar-refractivity contribution in [3.8, 4) is 11.3 Å². The average Bonchev–Trinajstić information content (AvgIpc) is 2.88. The lowest BCUT2D eigenvalue weighted by molar-refractivity contribution is -0.149. The van der Waals surface area contributed by atoms with Crippen LogP contribution in [0.1, 0.15) is 43.5 Å². The van der Waals surface area contributed by atoms with Gasteiger partial charge in [0.25, 0.3) is 5.91 Å². The molecule has 2 amide bonds. The van der Waals surface area contributed by atoms with Gasteiger partial charge in [0.15, 0.2) is 0 Å². The summed E-state index contributed by atoms with van der Waals surface area (Å²) in [6, 6.07) is 16.9. The highest BCUT2D eigenvalue weighted by molar-refractivity contribution is 6.07. The van der Waals surface area contributed by atoms with Gasteiger partial charge in [0.05, 0.1) is 29.3 Å². The number of pyridine rings is 1. The van der Waals surface area contributed by atoms with E-state index < -0.39 is 0 Å². The summed E-state index contributed by atoms with van der Waals surface area (Å²) in [6.45, 7) is 5.01. The number of hydrogen-bond acceptors (Lipinski definition) is 5. The number of carbonyl (C=O) groups excluding carboxylic acids is 3. The lowest BCUT2D eigenvalue weighted by Crippen LogP contribution is -2.40. The van der Waals surface area contributed by atoms with Gasteiger partial charge < -0.3 is 15.0 Å². The molecule has 1 saturated heterocycles. The van der Waals surface area contributed by atoms with Gasteiger partial charge in [-0.3, -0.25) is 14.4 Å². The van der Waals surface area contributed by atoms with E-state index in [0.29, 0.717) is 50.2 Å². The lowest BCUT2D eigenvalue weighted by atomic mass is 9.95. The highest BCUT2D eigenvalue weighted by Gasteiger charge is 2.29. The number of carbonyl (C=O) groups is 3. The van der Waals surface area contributed by atoms with Crippen LogP contribution in [0.4, 0.5) is 5.69 Å². The van der Waals surface area contributed by atoms with Crippen LogP contribution in [0.3, 0.4) is 0 Å². The van der Waals surface area contributed by atoms with Crippen molar-refractivity contribution in [2.45, 2.75) is 33.1 Å². The summed E-state index contributed by atoms with van der Waals surface area (Å²) >= 11 is 0. The second kappa shape index (κ2) is 10.5. The third kappa shape index (κ3) is 5.09. The van der Waals surface area contributed by atoms with E-state index in [4.69, 9.17) is 9.72 Å². The second-order valence-electron chi connectivity index (χ2n) is 8.37. The third-order valence-corrected chi connectivity index (χ3v) is 6.13. The minimum absolute atomic E-state index is 0.0452. The van der Waals surface area contributed by atoms with Gasteiger partial charge in [0.1, 0.15) is 0 Å². The maximum Gasteiger partial charge on any atom is 0.309 e. The van der Waals surface area contributed by atoms with Crippen LogP contribution >= 0.6 is 0 Å². The Morgan fingerprint density at radius 3 is 2.41 bits per heavy atom. The Bertz CT molecular complexity index is 1200. The van der Waals surface area contributed by atoms with Gasteiger partial charge >= 0.3 is 5.97 Å². The van der Waals surface area contributed by atoms with Crippen LogP contribution in [0.15, 0.2) is 54.6 Å². The smallest absolute Gasteiger partial charge is 0.309 e. The number of ether oxygens (including phenoxy) is 1. The molecule has 7 nitrogen and oxygen atoms in total. The van der Waals surface area contributed by atoms with Crippen LogP contribution in [0.2, 0.25) is 0 Å². The summed E-state index contributed by atoms with van der Waals surface area (Å²) in [4.78, 5) is 43.8. The Labute approximate surface area is 199 Å². The van der Waals surface area contributed by atoms with Crippen molar-refractivity contribution in [1.29, 1.82) is 0 Å². The maximum atomic E-state index is 13.5. The van der Waals surface area contributed by atoms with Crippen LogP contribution in [0.25, 0.3) is 22.2 Å². The molecule has 0 bridgehead atoms. The standard InChI is InChI=1S/C27H29N3O4/c1-3-25(31)28-20-11-9-18(10-12-20)24-17-22(21-7-5-6-8-23(21)29-24)26(32)30-15-13-19(14-16-30)27(33)34-4-2/h5-12,17,19H,3-4,13-16H2,1-2H3,(H,28,31). The molecule has 1 aliphatic rings. The number of nitrogens with zero attached hydrogens (tertiary/aromatic N) is 2. The molecule has 3 aromatic rings. The van der Waals surface area contributed by atoms with Crippen LogP contribution in [0.5, 0.6) is 0 Å². The van der Waals surface area contributed by atoms with E-state index in [1.54, 1.807) is 13.8 Å². The molecule has 176 valence electrons. The van der Waals surface area contributed by atoms with E-state index in [9.17, 15) is 14.4 Å². The summed E-state index contributed by atoms with van der Waals surface area (Å²) in [5.41, 5.74) is 3.61. The SMILES string of the molecule is CCOC(=O)C1CCN(C(=O)c2cc(-c3ccc(NC(=O)CC)cc3)nc3ccccc23)CC1. The topological polar surface area (TPSA) is 88.6 Å². The molecular weight excluding hydrogens is 430 g/mol. The molecule has 0 radical (unpaired) electrons. The number of nitrogens with one attached hydrogen (secondary N) is 1. The summed E-state index contributed by atoms with van der Waals surface area (Å²) in [6.07, 6.45) is 1.62. The lowest BCUT2D eigenvalue weighted by Gasteiger charge is -2.31. The second-order valence-corrected chi connectivity index (χ2v) is 8.37. The van der Waals surface area contributed by atoms with Crippen LogP contribution in [0, 0.1) is 5.92 Å². The van der Waals surface area contributed by atoms with Crippen molar-refractivity contribution >= 4 is 34.4 Å². The van der Waals surface area contributed by atoms with Crippen molar-refractivity contribution < 1.29 is 19.1 Å². The van der Waals surface area contributed by atoms with Gasteiger partial charge in [-0.05, 0) is 44.0 Å². The van der Waals surface area contributed by atoms with Crippen molar-refractivity contribution in [2.75, 3.05) is 25.0 Å². The quantitative estimate of drug-likeness (QED) is 0.542. The van der Waals surface area contributed by atoms with E-state index >= 15 is 0 Å². The minimum Gasteiger partial charge on any atom is -0.466 e. The average molecular weight is 460 g/mol. The first-order valence-corrected chi connectivity index (χ1v) is 11.8. The number of piperidine rings is 1. The zero-order chi connectivity index (χ0) is 24.1. The number of aromatic nitrogens is 1. The first-order valence-electron chi connectivity index (χ1n) is 11.8. The molecule has 4 rings (SSSR count). The fraction of sp³-hybridized carbons (Fsp3) is 0.333. The fourth-order valence-corrected chi connectivity index (χ4v) is 4.22. The number of likely N-dealkylation sites (tertiary alicyclic amines) is 1. The summed E-state index contributed by atoms with van der Waals surface area (Å²) < 4.78 is 5.15. The molecule has 1 aromatic heterocycles. The molecule has 34 heavy (non-hydrogen) atoms. The van der Waals surface area contributed by atoms with Crippen LogP contribution < -0.4 is 5.32 Å². The molecular formula is C27H29N3O4. The number of rotatable bonds is 6. The largest absolute Gasteiger partial charge is 0.466 e. The molecule has 0 atom stereocenters. The highest BCUT2D eigenvalue weighted by Crippen LogP contribution is 2.28. The number of amides is 2. The summed E-state index contributed by atoms with van der Waals surface area (Å²) in [5.74, 6) is -0.435. The number of hydrogen-bond donors (Lipinski definition) is 1. The van der Waals surface area contributed by atoms with E-state index in [1.807, 2.05) is 59.5 Å². The van der Waals surface area contributed by atoms with Gasteiger partial charge in [-0.15, -0.1) is 0 Å². The molecule has 0 saturated carbocycles. The van der Waals surface area contributed by atoms with E-state index in [1.165, 1.54) is 0 Å². The van der Waals surface area contributed by atoms with Gasteiger partial charge in [-0.25, -0.2) is 4.98 Å². The Morgan fingerprint density at radius 1 is 1.03 bits per heavy atom. The van der Waals surface area contributed by atoms with Crippen molar-refractivity contribution in [2.24, 2.45) is 5.92 Å². The van der Waals surface area contributed by atoms with E-state index in [2.05, 4.69) is 5.32 Å². The van der Waals surface area contributed by atoms with Gasteiger partial charge in [0, 0.05) is 36.1 Å². The molecule has 2 aromatic carbocycles. The Balaban J connectivity index is 1.60. The number of fused-ring (bicyclic) bond motifs is 1. The Hall–Kier alpha value is -3.74. The van der Waals surface area contributed by atoms with Gasteiger partial charge in [-0.2, -0.15) is 0 Å². The molecule has 0 aliphatic carbocycles. The number of benzene rings is 2. The summed E-state index contributed by atoms with van der Waals surface area (Å²) in [5, 5.41) is 3.64. The third-order valence-electron chi connectivity index (χ3n) is 6.13. The zero-order valence-corrected chi connectivity index (χ0v) is 19.5. The highest BCUT2D eigenvalue weighted by atomic mass is 16.5. The monoisotopic (exact) mass is 459 g/mol. The van der Waals surface area contributed by atoms with Crippen LogP contribution in [-0.2, 0) is 14.3 Å². The van der Waals surface area contributed by atoms with Crippen molar-refractivity contribution in [1.82, 2.24) is 9.88 Å².